The van der Waals surface area contributed by atoms with Crippen molar-refractivity contribution in [2.45, 2.75) is 18.9 Å². The molecule has 0 spiro atoms. The number of rotatable bonds is 4. The summed E-state index contributed by atoms with van der Waals surface area (Å²) in [4.78, 5) is 25.4. The molecule has 1 aromatic heterocycles. The third-order valence-electron chi connectivity index (χ3n) is 2.31. The van der Waals surface area contributed by atoms with Crippen LogP contribution in [-0.2, 0) is 4.79 Å². The van der Waals surface area contributed by atoms with Gasteiger partial charge < -0.3 is 15.7 Å². The van der Waals surface area contributed by atoms with Crippen molar-refractivity contribution >= 4 is 28.3 Å². The van der Waals surface area contributed by atoms with Gasteiger partial charge in [0.15, 0.2) is 10.8 Å². The molecule has 16 heavy (non-hydrogen) atoms. The Bertz CT molecular complexity index is 418. The van der Waals surface area contributed by atoms with Gasteiger partial charge >= 0.3 is 5.97 Å². The Morgan fingerprint density at radius 2 is 2.56 bits per heavy atom. The zero-order chi connectivity index (χ0) is 11.5. The number of carbonyl (C=O) groups excluding carboxylic acids is 1. The predicted octanol–water partition coefficient (Wildman–Crippen LogP) is 0.532. The Kier molecular flexibility index (Phi) is 3.04. The third kappa shape index (κ3) is 2.48. The monoisotopic (exact) mass is 241 g/mol. The Balaban J connectivity index is 1.85. The first-order chi connectivity index (χ1) is 7.65. The van der Waals surface area contributed by atoms with Crippen LogP contribution in [-0.4, -0.2) is 34.6 Å². The summed E-state index contributed by atoms with van der Waals surface area (Å²) in [6, 6.07) is 0.115. The molecule has 1 saturated heterocycles. The second-order valence-electron chi connectivity index (χ2n) is 3.53. The van der Waals surface area contributed by atoms with Crippen molar-refractivity contribution in [2.75, 3.05) is 11.9 Å². The lowest BCUT2D eigenvalue weighted by atomic mass is 10.2. The molecule has 2 heterocycles. The minimum atomic E-state index is -1.03. The maximum absolute atomic E-state index is 10.9. The molecule has 1 amide bonds. The predicted molar refractivity (Wildman–Crippen MR) is 58.7 cm³/mol. The van der Waals surface area contributed by atoms with E-state index in [9.17, 15) is 9.59 Å². The van der Waals surface area contributed by atoms with E-state index in [0.717, 1.165) is 6.42 Å². The van der Waals surface area contributed by atoms with Crippen LogP contribution >= 0.6 is 11.3 Å². The average molecular weight is 241 g/mol. The molecule has 86 valence electrons. The molecule has 3 N–H and O–H groups in total. The number of aromatic nitrogens is 1. The van der Waals surface area contributed by atoms with Gasteiger partial charge in [0, 0.05) is 24.4 Å². The Labute approximate surface area is 95.7 Å². The summed E-state index contributed by atoms with van der Waals surface area (Å²) in [7, 11) is 0. The maximum atomic E-state index is 10.9. The van der Waals surface area contributed by atoms with Crippen LogP contribution in [0.4, 0.5) is 5.13 Å². The summed E-state index contributed by atoms with van der Waals surface area (Å²) in [6.07, 6.45) is 1.37. The number of carboxylic acids is 1. The van der Waals surface area contributed by atoms with Crippen molar-refractivity contribution in [3.8, 4) is 0 Å². The van der Waals surface area contributed by atoms with Crippen molar-refractivity contribution in [1.29, 1.82) is 0 Å². The topological polar surface area (TPSA) is 91.3 Å². The first-order valence-electron chi connectivity index (χ1n) is 4.87. The molecule has 2 rings (SSSR count). The number of aromatic carboxylic acids is 1. The lowest BCUT2D eigenvalue weighted by molar-refractivity contribution is -0.119. The third-order valence-corrected chi connectivity index (χ3v) is 3.11. The molecule has 0 radical (unpaired) electrons. The molecule has 0 bridgehead atoms. The van der Waals surface area contributed by atoms with E-state index < -0.39 is 5.97 Å². The van der Waals surface area contributed by atoms with E-state index in [1.807, 2.05) is 0 Å². The minimum absolute atomic E-state index is 0.0444. The Hall–Kier alpha value is -1.63. The highest BCUT2D eigenvalue weighted by molar-refractivity contribution is 7.13. The lowest BCUT2D eigenvalue weighted by Crippen LogP contribution is -2.31. The summed E-state index contributed by atoms with van der Waals surface area (Å²) in [5.41, 5.74) is 0.0444. The van der Waals surface area contributed by atoms with Crippen LogP contribution in [0.25, 0.3) is 0 Å². The number of hydrogen-bond acceptors (Lipinski definition) is 5. The van der Waals surface area contributed by atoms with Crippen LogP contribution < -0.4 is 10.6 Å². The summed E-state index contributed by atoms with van der Waals surface area (Å²) in [5.74, 6) is -0.962. The number of nitrogens with one attached hydrogen (secondary N) is 2. The summed E-state index contributed by atoms with van der Waals surface area (Å²) in [6.45, 7) is 0.582. The van der Waals surface area contributed by atoms with E-state index in [-0.39, 0.29) is 17.6 Å². The molecule has 1 fully saturated rings. The number of amides is 1. The maximum Gasteiger partial charge on any atom is 0.355 e. The number of carboxylic acid groups (broad SMARTS) is 1. The van der Waals surface area contributed by atoms with Gasteiger partial charge in [-0.3, -0.25) is 4.79 Å². The van der Waals surface area contributed by atoms with E-state index in [4.69, 9.17) is 5.11 Å². The van der Waals surface area contributed by atoms with Gasteiger partial charge in [0.25, 0.3) is 0 Å². The van der Waals surface area contributed by atoms with E-state index in [1.165, 1.54) is 16.7 Å². The van der Waals surface area contributed by atoms with E-state index >= 15 is 0 Å². The SMILES string of the molecule is O=C1CCC(CNc2nc(C(=O)O)cs2)N1. The van der Waals surface area contributed by atoms with Gasteiger partial charge in [0.2, 0.25) is 5.91 Å². The van der Waals surface area contributed by atoms with Gasteiger partial charge in [0.1, 0.15) is 0 Å². The molecule has 1 unspecified atom stereocenters. The molecule has 7 heteroatoms. The number of anilines is 1. The van der Waals surface area contributed by atoms with Crippen LogP contribution in [0.5, 0.6) is 0 Å². The van der Waals surface area contributed by atoms with Gasteiger partial charge in [-0.25, -0.2) is 9.78 Å². The van der Waals surface area contributed by atoms with E-state index in [0.29, 0.717) is 18.1 Å². The van der Waals surface area contributed by atoms with E-state index in [2.05, 4.69) is 15.6 Å². The van der Waals surface area contributed by atoms with Gasteiger partial charge in [-0.1, -0.05) is 0 Å². The second-order valence-corrected chi connectivity index (χ2v) is 4.39. The zero-order valence-electron chi connectivity index (χ0n) is 8.40. The van der Waals surface area contributed by atoms with Gasteiger partial charge in [-0.15, -0.1) is 11.3 Å². The number of hydrogen-bond donors (Lipinski definition) is 3. The molecular formula is C9H11N3O3S. The molecule has 6 nitrogen and oxygen atoms in total. The van der Waals surface area contributed by atoms with Crippen LogP contribution in [0, 0.1) is 0 Å². The van der Waals surface area contributed by atoms with Crippen molar-refractivity contribution in [3.05, 3.63) is 11.1 Å². The highest BCUT2D eigenvalue weighted by Crippen LogP contribution is 2.16. The number of carbonyl (C=O) groups is 2. The molecule has 0 saturated carbocycles. The summed E-state index contributed by atoms with van der Waals surface area (Å²) >= 11 is 1.25. The highest BCUT2D eigenvalue weighted by Gasteiger charge is 2.20. The number of nitrogens with zero attached hydrogens (tertiary/aromatic N) is 1. The zero-order valence-corrected chi connectivity index (χ0v) is 9.21. The van der Waals surface area contributed by atoms with Crippen LogP contribution in [0.15, 0.2) is 5.38 Å². The average Bonchev–Trinajstić information content (AvgIpc) is 2.83. The summed E-state index contributed by atoms with van der Waals surface area (Å²) < 4.78 is 0. The fourth-order valence-electron chi connectivity index (χ4n) is 1.49. The Morgan fingerprint density at radius 1 is 1.75 bits per heavy atom. The normalized spacial score (nSPS) is 19.5. The first-order valence-corrected chi connectivity index (χ1v) is 5.75. The van der Waals surface area contributed by atoms with E-state index in [1.54, 1.807) is 0 Å². The molecule has 1 atom stereocenters. The smallest absolute Gasteiger partial charge is 0.355 e. The van der Waals surface area contributed by atoms with Crippen LogP contribution in [0.2, 0.25) is 0 Å². The fourth-order valence-corrected chi connectivity index (χ4v) is 2.19. The summed E-state index contributed by atoms with van der Waals surface area (Å²) in [5, 5.41) is 16.5. The molecule has 1 aliphatic rings. The Morgan fingerprint density at radius 3 is 3.12 bits per heavy atom. The standard InChI is InChI=1S/C9H11N3O3S/c13-7-2-1-5(11-7)3-10-9-12-6(4-16-9)8(14)15/h4-5H,1-3H2,(H,10,12)(H,11,13)(H,14,15). The number of thiazole rings is 1. The second kappa shape index (κ2) is 4.48. The van der Waals surface area contributed by atoms with Gasteiger partial charge in [-0.05, 0) is 6.42 Å². The fraction of sp³-hybridized carbons (Fsp3) is 0.444. The van der Waals surface area contributed by atoms with Gasteiger partial charge in [-0.2, -0.15) is 0 Å². The highest BCUT2D eigenvalue weighted by atomic mass is 32.1. The van der Waals surface area contributed by atoms with Crippen molar-refractivity contribution in [2.24, 2.45) is 0 Å². The molecule has 0 aliphatic carbocycles. The van der Waals surface area contributed by atoms with Crippen molar-refractivity contribution in [1.82, 2.24) is 10.3 Å². The van der Waals surface area contributed by atoms with Gasteiger partial charge in [0.05, 0.1) is 0 Å². The minimum Gasteiger partial charge on any atom is -0.476 e. The molecular weight excluding hydrogens is 230 g/mol. The molecule has 1 aliphatic heterocycles. The van der Waals surface area contributed by atoms with Crippen LogP contribution in [0.1, 0.15) is 23.3 Å². The van der Waals surface area contributed by atoms with Crippen molar-refractivity contribution in [3.63, 3.8) is 0 Å². The lowest BCUT2D eigenvalue weighted by Gasteiger charge is -2.09. The van der Waals surface area contributed by atoms with Crippen molar-refractivity contribution < 1.29 is 14.7 Å². The quantitative estimate of drug-likeness (QED) is 0.715. The molecule has 0 aromatic carbocycles. The largest absolute Gasteiger partial charge is 0.476 e. The van der Waals surface area contributed by atoms with Crippen LogP contribution in [0.3, 0.4) is 0 Å². The molecule has 1 aromatic rings. The first kappa shape index (κ1) is 10.9.